The summed E-state index contributed by atoms with van der Waals surface area (Å²) in [7, 11) is 1.72. The van der Waals surface area contributed by atoms with Crippen LogP contribution in [0.2, 0.25) is 0 Å². The summed E-state index contributed by atoms with van der Waals surface area (Å²) in [6, 6.07) is 0.445. The van der Waals surface area contributed by atoms with Crippen LogP contribution in [0.4, 0.5) is 0 Å². The average molecular weight is 184 g/mol. The number of methoxy groups -OCH3 is 1. The molecule has 13 heavy (non-hydrogen) atoms. The van der Waals surface area contributed by atoms with Gasteiger partial charge in [0.15, 0.2) is 0 Å². The first kappa shape index (κ1) is 8.97. The maximum atomic E-state index is 11.4. The second-order valence-electron chi connectivity index (χ2n) is 3.99. The maximum Gasteiger partial charge on any atom is 0.224 e. The van der Waals surface area contributed by atoms with Gasteiger partial charge in [0.1, 0.15) is 0 Å². The lowest BCUT2D eigenvalue weighted by Crippen LogP contribution is -2.49. The molecule has 1 aliphatic carbocycles. The van der Waals surface area contributed by atoms with Gasteiger partial charge >= 0.3 is 0 Å². The molecule has 1 saturated heterocycles. The lowest BCUT2D eigenvalue weighted by molar-refractivity contribution is -0.134. The van der Waals surface area contributed by atoms with Crippen LogP contribution in [-0.2, 0) is 9.53 Å². The van der Waals surface area contributed by atoms with Crippen molar-refractivity contribution < 1.29 is 9.53 Å². The fraction of sp³-hybridized carbons (Fsp3) is 0.889. The molecule has 0 aromatic rings. The van der Waals surface area contributed by atoms with Crippen molar-refractivity contribution in [2.75, 3.05) is 13.7 Å². The summed E-state index contributed by atoms with van der Waals surface area (Å²) >= 11 is 0. The first-order valence-electron chi connectivity index (χ1n) is 4.78. The monoisotopic (exact) mass is 184 g/mol. The number of nitrogens with zero attached hydrogens (tertiary/aromatic N) is 1. The molecule has 4 heteroatoms. The average Bonchev–Trinajstić information content (AvgIpc) is 2.29. The molecule has 1 amide bonds. The predicted octanol–water partition coefficient (Wildman–Crippen LogP) is -0.277. The Morgan fingerprint density at radius 2 is 2.23 bits per heavy atom. The Hall–Kier alpha value is -0.610. The molecule has 0 aromatic heterocycles. The molecule has 74 valence electrons. The summed E-state index contributed by atoms with van der Waals surface area (Å²) in [6.45, 7) is 0.736. The first-order valence-corrected chi connectivity index (χ1v) is 4.78. The molecule has 0 spiro atoms. The number of ether oxygens (including phenoxy) is 1. The first-order chi connectivity index (χ1) is 6.20. The molecule has 1 aliphatic heterocycles. The molecule has 0 bridgehead atoms. The highest BCUT2D eigenvalue weighted by atomic mass is 16.5. The van der Waals surface area contributed by atoms with Gasteiger partial charge in [0.25, 0.3) is 0 Å². The highest BCUT2D eigenvalue weighted by Crippen LogP contribution is 2.30. The normalized spacial score (nSPS) is 39.4. The summed E-state index contributed by atoms with van der Waals surface area (Å²) in [5, 5.41) is 0. The zero-order valence-electron chi connectivity index (χ0n) is 7.90. The topological polar surface area (TPSA) is 55.6 Å². The molecule has 1 heterocycles. The highest BCUT2D eigenvalue weighted by molar-refractivity contribution is 5.79. The molecule has 1 atom stereocenters. The van der Waals surface area contributed by atoms with E-state index in [9.17, 15) is 4.79 Å². The minimum absolute atomic E-state index is 0.0501. The van der Waals surface area contributed by atoms with E-state index in [2.05, 4.69) is 0 Å². The van der Waals surface area contributed by atoms with Crippen molar-refractivity contribution >= 4 is 5.91 Å². The third kappa shape index (κ3) is 1.56. The Balaban J connectivity index is 1.86. The van der Waals surface area contributed by atoms with Crippen molar-refractivity contribution in [3.63, 3.8) is 0 Å². The van der Waals surface area contributed by atoms with Crippen molar-refractivity contribution in [1.82, 2.24) is 4.90 Å². The van der Waals surface area contributed by atoms with E-state index >= 15 is 0 Å². The van der Waals surface area contributed by atoms with Crippen LogP contribution < -0.4 is 5.73 Å². The van der Waals surface area contributed by atoms with Gasteiger partial charge in [0.2, 0.25) is 5.91 Å². The summed E-state index contributed by atoms with van der Waals surface area (Å²) in [6.07, 6.45) is 2.84. The Kier molecular flexibility index (Phi) is 2.26. The van der Waals surface area contributed by atoms with Gasteiger partial charge in [-0.05, 0) is 12.8 Å². The number of hydrogen-bond donors (Lipinski definition) is 1. The quantitative estimate of drug-likeness (QED) is 0.642. The van der Waals surface area contributed by atoms with Crippen LogP contribution >= 0.6 is 0 Å². The number of carbonyl (C=O) groups is 1. The molecule has 0 radical (unpaired) electrons. The van der Waals surface area contributed by atoms with Gasteiger partial charge in [-0.25, -0.2) is 0 Å². The molecule has 1 unspecified atom stereocenters. The Morgan fingerprint density at radius 3 is 2.69 bits per heavy atom. The Labute approximate surface area is 78.0 Å². The molecule has 4 nitrogen and oxygen atoms in total. The molecule has 2 N–H and O–H groups in total. The number of rotatable bonds is 2. The smallest absolute Gasteiger partial charge is 0.224 e. The van der Waals surface area contributed by atoms with Crippen LogP contribution in [0, 0.1) is 0 Å². The number of amides is 1. The predicted molar refractivity (Wildman–Crippen MR) is 48.1 cm³/mol. The van der Waals surface area contributed by atoms with E-state index in [-0.39, 0.29) is 11.9 Å². The van der Waals surface area contributed by atoms with Gasteiger partial charge in [-0.1, -0.05) is 0 Å². The van der Waals surface area contributed by atoms with Crippen LogP contribution in [-0.4, -0.2) is 42.6 Å². The number of carbonyl (C=O) groups excluding carboxylic acids is 1. The lowest BCUT2D eigenvalue weighted by atomic mass is 9.88. The van der Waals surface area contributed by atoms with Crippen molar-refractivity contribution in [3.05, 3.63) is 0 Å². The molecule has 2 fully saturated rings. The summed E-state index contributed by atoms with van der Waals surface area (Å²) in [5.41, 5.74) is 5.71. The van der Waals surface area contributed by atoms with E-state index in [0.29, 0.717) is 18.6 Å². The van der Waals surface area contributed by atoms with Gasteiger partial charge in [0.05, 0.1) is 6.10 Å². The lowest BCUT2D eigenvalue weighted by Gasteiger charge is -2.40. The third-order valence-corrected chi connectivity index (χ3v) is 3.03. The molecule has 1 saturated carbocycles. The SMILES string of the molecule is COC1CC(N2CC(N)CC2=O)C1. The van der Waals surface area contributed by atoms with Crippen molar-refractivity contribution in [2.24, 2.45) is 5.73 Å². The summed E-state index contributed by atoms with van der Waals surface area (Å²) < 4.78 is 5.17. The second kappa shape index (κ2) is 3.27. The van der Waals surface area contributed by atoms with Gasteiger partial charge in [0, 0.05) is 32.2 Å². The standard InChI is InChI=1S/C9H16N2O2/c1-13-8-3-7(4-8)11-5-6(10)2-9(11)12/h6-8H,2-5,10H2,1H3. The van der Waals surface area contributed by atoms with Gasteiger partial charge in [-0.15, -0.1) is 0 Å². The van der Waals surface area contributed by atoms with Crippen LogP contribution in [0.5, 0.6) is 0 Å². The summed E-state index contributed by atoms with van der Waals surface area (Å²) in [5.74, 6) is 0.215. The molecular formula is C9H16N2O2. The minimum Gasteiger partial charge on any atom is -0.381 e. The number of hydrogen-bond acceptors (Lipinski definition) is 3. The largest absolute Gasteiger partial charge is 0.381 e. The van der Waals surface area contributed by atoms with Crippen molar-refractivity contribution in [3.8, 4) is 0 Å². The third-order valence-electron chi connectivity index (χ3n) is 3.03. The van der Waals surface area contributed by atoms with E-state index in [1.54, 1.807) is 7.11 Å². The molecule has 2 aliphatic rings. The Morgan fingerprint density at radius 1 is 1.54 bits per heavy atom. The maximum absolute atomic E-state index is 11.4. The Bertz CT molecular complexity index is 214. The summed E-state index contributed by atoms with van der Waals surface area (Å²) in [4.78, 5) is 13.3. The number of nitrogens with two attached hydrogens (primary N) is 1. The molecule has 2 rings (SSSR count). The van der Waals surface area contributed by atoms with E-state index in [0.717, 1.165) is 19.4 Å². The van der Waals surface area contributed by atoms with E-state index in [1.807, 2.05) is 4.90 Å². The van der Waals surface area contributed by atoms with Crippen molar-refractivity contribution in [1.29, 1.82) is 0 Å². The number of likely N-dealkylation sites (tertiary alicyclic amines) is 1. The van der Waals surface area contributed by atoms with Crippen LogP contribution in [0.1, 0.15) is 19.3 Å². The zero-order chi connectivity index (χ0) is 9.42. The van der Waals surface area contributed by atoms with E-state index < -0.39 is 0 Å². The fourth-order valence-electron chi connectivity index (χ4n) is 2.10. The fourth-order valence-corrected chi connectivity index (χ4v) is 2.10. The zero-order valence-corrected chi connectivity index (χ0v) is 7.90. The van der Waals surface area contributed by atoms with Crippen LogP contribution in [0.3, 0.4) is 0 Å². The van der Waals surface area contributed by atoms with Gasteiger partial charge in [-0.2, -0.15) is 0 Å². The van der Waals surface area contributed by atoms with Crippen LogP contribution in [0.15, 0.2) is 0 Å². The minimum atomic E-state index is 0.0501. The van der Waals surface area contributed by atoms with Gasteiger partial charge < -0.3 is 15.4 Å². The van der Waals surface area contributed by atoms with Gasteiger partial charge in [-0.3, -0.25) is 4.79 Å². The highest BCUT2D eigenvalue weighted by Gasteiger charge is 2.39. The van der Waals surface area contributed by atoms with Crippen molar-refractivity contribution in [2.45, 2.75) is 37.5 Å². The van der Waals surface area contributed by atoms with E-state index in [1.165, 1.54) is 0 Å². The second-order valence-corrected chi connectivity index (χ2v) is 3.99. The molecule has 0 aromatic carbocycles. The van der Waals surface area contributed by atoms with Crippen LogP contribution in [0.25, 0.3) is 0 Å². The molecular weight excluding hydrogens is 168 g/mol. The van der Waals surface area contributed by atoms with E-state index in [4.69, 9.17) is 10.5 Å².